The Balaban J connectivity index is 0.00000119. The predicted molar refractivity (Wildman–Crippen MR) is 182 cm³/mol. The van der Waals surface area contributed by atoms with Gasteiger partial charge >= 0.3 is 0 Å². The number of aliphatic hydroxyl groups is 1. The van der Waals surface area contributed by atoms with E-state index in [9.17, 15) is 5.11 Å². The third-order valence-electron chi connectivity index (χ3n) is 11.7. The van der Waals surface area contributed by atoms with E-state index in [-0.39, 0.29) is 23.4 Å². The minimum atomic E-state index is -0.395. The van der Waals surface area contributed by atoms with Crippen LogP contribution in [0.2, 0.25) is 0 Å². The van der Waals surface area contributed by atoms with Crippen LogP contribution < -0.4 is 0 Å². The second-order valence-corrected chi connectivity index (χ2v) is 15.4. The zero-order valence-electron chi connectivity index (χ0n) is 27.9. The number of aliphatic hydroxyl groups excluding tert-OH is 1. The average molecular weight is 623 g/mol. The number of hydrogen-bond acceptors (Lipinski definition) is 4. The highest BCUT2D eigenvalue weighted by molar-refractivity contribution is 5.54. The number of benzene rings is 2. The van der Waals surface area contributed by atoms with Gasteiger partial charge in [-0.1, -0.05) is 85.7 Å². The van der Waals surface area contributed by atoms with Gasteiger partial charge in [-0.3, -0.25) is 4.79 Å². The number of rotatable bonds is 2. The van der Waals surface area contributed by atoms with E-state index < -0.39 is 5.79 Å². The van der Waals surface area contributed by atoms with E-state index in [1.165, 1.54) is 29.5 Å². The number of carboxylic acid groups (broad SMARTS) is 1. The minimum absolute atomic E-state index is 0.0115. The summed E-state index contributed by atoms with van der Waals surface area (Å²) in [5.74, 6) is 8.25. The molecular formula is C41H50O5. The quantitative estimate of drug-likeness (QED) is 0.200. The van der Waals surface area contributed by atoms with Gasteiger partial charge in [-0.05, 0) is 104 Å². The van der Waals surface area contributed by atoms with Crippen molar-refractivity contribution in [2.75, 3.05) is 13.2 Å². The second-order valence-electron chi connectivity index (χ2n) is 15.4. The van der Waals surface area contributed by atoms with E-state index in [1.807, 2.05) is 6.08 Å². The molecule has 2 aromatic carbocycles. The third kappa shape index (κ3) is 6.50. The second kappa shape index (κ2) is 13.1. The monoisotopic (exact) mass is 622 g/mol. The van der Waals surface area contributed by atoms with Crippen LogP contribution in [-0.2, 0) is 14.3 Å². The van der Waals surface area contributed by atoms with Gasteiger partial charge in [0.25, 0.3) is 6.47 Å². The van der Waals surface area contributed by atoms with Crippen molar-refractivity contribution in [1.29, 1.82) is 0 Å². The fourth-order valence-electron chi connectivity index (χ4n) is 9.33. The first-order valence-electron chi connectivity index (χ1n) is 17.2. The molecule has 5 nitrogen and oxygen atoms in total. The van der Waals surface area contributed by atoms with Crippen molar-refractivity contribution >= 4 is 12.5 Å². The van der Waals surface area contributed by atoms with Gasteiger partial charge in [-0.2, -0.15) is 0 Å². The van der Waals surface area contributed by atoms with Crippen LogP contribution in [0.15, 0.2) is 65.8 Å². The molecule has 1 aliphatic heterocycles. The Bertz CT molecular complexity index is 1530. The summed E-state index contributed by atoms with van der Waals surface area (Å²) in [6.45, 7) is 10.3. The molecule has 4 aliphatic carbocycles. The molecule has 1 saturated heterocycles. The highest BCUT2D eigenvalue weighted by Gasteiger charge is 2.57. The predicted octanol–water partition coefficient (Wildman–Crippen LogP) is 8.30. The maximum atomic E-state index is 11.3. The Morgan fingerprint density at radius 2 is 1.70 bits per heavy atom. The maximum Gasteiger partial charge on any atom is 0.290 e. The Morgan fingerprint density at radius 1 is 0.957 bits per heavy atom. The van der Waals surface area contributed by atoms with Gasteiger partial charge in [0, 0.05) is 29.7 Å². The molecule has 244 valence electrons. The highest BCUT2D eigenvalue weighted by atomic mass is 16.7. The van der Waals surface area contributed by atoms with Crippen molar-refractivity contribution in [1.82, 2.24) is 0 Å². The summed E-state index contributed by atoms with van der Waals surface area (Å²) in [5.41, 5.74) is 8.38. The van der Waals surface area contributed by atoms with Gasteiger partial charge < -0.3 is 19.7 Å². The molecule has 7 rings (SSSR count). The van der Waals surface area contributed by atoms with Crippen LogP contribution >= 0.6 is 0 Å². The maximum absolute atomic E-state index is 11.3. The normalized spacial score (nSPS) is 32.3. The summed E-state index contributed by atoms with van der Waals surface area (Å²) in [7, 11) is 0. The van der Waals surface area contributed by atoms with Crippen LogP contribution in [0.4, 0.5) is 0 Å². The van der Waals surface area contributed by atoms with E-state index >= 15 is 0 Å². The Kier molecular flexibility index (Phi) is 9.36. The molecule has 4 fully saturated rings. The number of allylic oxidation sites excluding steroid dienone is 3. The summed E-state index contributed by atoms with van der Waals surface area (Å²) in [5, 5.41) is 18.2. The molecule has 0 bridgehead atoms. The van der Waals surface area contributed by atoms with Gasteiger partial charge in [-0.25, -0.2) is 0 Å². The van der Waals surface area contributed by atoms with E-state index in [4.69, 9.17) is 19.4 Å². The fraction of sp³-hybridized carbons (Fsp3) is 0.537. The van der Waals surface area contributed by atoms with Crippen LogP contribution in [0, 0.1) is 47.3 Å². The van der Waals surface area contributed by atoms with E-state index in [0.29, 0.717) is 23.7 Å². The van der Waals surface area contributed by atoms with E-state index in [0.717, 1.165) is 57.3 Å². The molecule has 2 aromatic rings. The van der Waals surface area contributed by atoms with Crippen LogP contribution in [-0.4, -0.2) is 41.8 Å². The van der Waals surface area contributed by atoms with Gasteiger partial charge in [0.15, 0.2) is 5.79 Å². The number of hydrogen-bond donors (Lipinski definition) is 2. The molecule has 46 heavy (non-hydrogen) atoms. The van der Waals surface area contributed by atoms with Crippen LogP contribution in [0.1, 0.15) is 100 Å². The molecule has 5 aliphatic rings. The average Bonchev–Trinajstić information content (AvgIpc) is 3.34. The molecule has 0 aromatic heterocycles. The first-order valence-corrected chi connectivity index (χ1v) is 17.2. The van der Waals surface area contributed by atoms with Gasteiger partial charge in [0.05, 0.1) is 19.3 Å². The van der Waals surface area contributed by atoms with Crippen molar-refractivity contribution in [2.24, 2.45) is 28.6 Å². The van der Waals surface area contributed by atoms with Crippen LogP contribution in [0.3, 0.4) is 0 Å². The standard InChI is InChI=1S/C40H48O3.CH2O2/c1-27-8-7-11-29(22-27)10-6-5-9-28-12-14-30(15-13-28)34-24-39(4)35(18-19-36(39)41)33-17-16-31-23-40(21-20-32(31)37(33)34)42-25-38(2,3)26-43-40;2-1-3/h6-8,10-15,22,31,33-36,41H,16-21,23-26H2,1-4H3;1H,(H,2,3)/b10-6+;. The zero-order chi connectivity index (χ0) is 32.5. The Hall–Kier alpha value is -3.17. The number of aryl methyl sites for hydroxylation is 1. The molecule has 6 atom stereocenters. The highest BCUT2D eigenvalue weighted by Crippen LogP contribution is 2.65. The lowest BCUT2D eigenvalue weighted by Gasteiger charge is -2.55. The van der Waals surface area contributed by atoms with Gasteiger partial charge in [0.2, 0.25) is 0 Å². The van der Waals surface area contributed by atoms with E-state index in [2.05, 4.69) is 94.1 Å². The Morgan fingerprint density at radius 3 is 2.41 bits per heavy atom. The molecule has 0 radical (unpaired) electrons. The van der Waals surface area contributed by atoms with Gasteiger partial charge in [0.1, 0.15) is 0 Å². The lowest BCUT2D eigenvalue weighted by molar-refractivity contribution is -0.312. The minimum Gasteiger partial charge on any atom is -0.483 e. The Labute approximate surface area is 275 Å². The van der Waals surface area contributed by atoms with Crippen molar-refractivity contribution in [3.63, 3.8) is 0 Å². The van der Waals surface area contributed by atoms with Crippen molar-refractivity contribution in [3.8, 4) is 11.8 Å². The molecular weight excluding hydrogens is 572 g/mol. The molecule has 1 heterocycles. The fourth-order valence-corrected chi connectivity index (χ4v) is 9.33. The van der Waals surface area contributed by atoms with Crippen molar-refractivity contribution < 1.29 is 24.5 Å². The van der Waals surface area contributed by atoms with E-state index in [1.54, 1.807) is 11.1 Å². The summed E-state index contributed by atoms with van der Waals surface area (Å²) in [4.78, 5) is 8.36. The molecule has 2 N–H and O–H groups in total. The van der Waals surface area contributed by atoms with Crippen LogP contribution in [0.25, 0.3) is 6.08 Å². The largest absolute Gasteiger partial charge is 0.483 e. The lowest BCUT2D eigenvalue weighted by atomic mass is 9.52. The number of ether oxygens (including phenoxy) is 2. The zero-order valence-corrected chi connectivity index (χ0v) is 27.9. The number of carbonyl (C=O) groups is 1. The SMILES string of the molecule is Cc1cccc(/C=C/C#Cc2ccc(C3CC4(C)C(O)CCC4C4CCC5CC6(CCC5=C34)OCC(C)(C)CO6)cc2)c1.O=CO. The molecule has 6 unspecified atom stereocenters. The number of fused-ring (bicyclic) bond motifs is 4. The van der Waals surface area contributed by atoms with Crippen LogP contribution in [0.5, 0.6) is 0 Å². The summed E-state index contributed by atoms with van der Waals surface area (Å²) in [6.07, 6.45) is 12.5. The summed E-state index contributed by atoms with van der Waals surface area (Å²) in [6, 6.07) is 17.5. The van der Waals surface area contributed by atoms with Gasteiger partial charge in [-0.15, -0.1) is 0 Å². The first-order chi connectivity index (χ1) is 22.1. The molecule has 0 amide bonds. The van der Waals surface area contributed by atoms with Crippen molar-refractivity contribution in [3.05, 3.63) is 88.0 Å². The molecule has 1 spiro atoms. The summed E-state index contributed by atoms with van der Waals surface area (Å²) >= 11 is 0. The smallest absolute Gasteiger partial charge is 0.290 e. The lowest BCUT2D eigenvalue weighted by Crippen LogP contribution is -2.52. The molecule has 3 saturated carbocycles. The summed E-state index contributed by atoms with van der Waals surface area (Å²) < 4.78 is 13.0. The first kappa shape index (κ1) is 32.8. The molecule has 5 heteroatoms. The topological polar surface area (TPSA) is 76.0 Å². The third-order valence-corrected chi connectivity index (χ3v) is 11.7. The van der Waals surface area contributed by atoms with Crippen molar-refractivity contribution in [2.45, 2.75) is 96.9 Å².